The molecular weight excluding hydrogens is 394 g/mol. The predicted octanol–water partition coefficient (Wildman–Crippen LogP) is -2.97. The van der Waals surface area contributed by atoms with E-state index in [1.54, 1.807) is 0 Å². The average molecular weight is 425 g/mol. The Bertz CT molecular complexity index is 728. The number of nitrogens with one attached hydrogen (secondary N) is 1. The lowest BCUT2D eigenvalue weighted by molar-refractivity contribution is -0.149. The van der Waals surface area contributed by atoms with Crippen molar-refractivity contribution in [1.29, 1.82) is 0 Å². The van der Waals surface area contributed by atoms with Crippen LogP contribution < -0.4 is 16.8 Å². The minimum absolute atomic E-state index is 0.0550. The van der Waals surface area contributed by atoms with E-state index in [9.17, 15) is 29.4 Å². The van der Waals surface area contributed by atoms with E-state index in [2.05, 4.69) is 5.32 Å². The van der Waals surface area contributed by atoms with Crippen LogP contribution in [0.1, 0.15) is 39.5 Å². The van der Waals surface area contributed by atoms with Gasteiger partial charge in [0.25, 0.3) is 0 Å². The van der Waals surface area contributed by atoms with Gasteiger partial charge in [0.15, 0.2) is 0 Å². The number of hydrogen-bond donors (Lipinski definition) is 5. The number of primary amides is 1. The summed E-state index contributed by atoms with van der Waals surface area (Å²) in [6.07, 6.45) is 0.103. The van der Waals surface area contributed by atoms with E-state index in [0.717, 1.165) is 6.42 Å². The molecule has 0 spiro atoms. The monoisotopic (exact) mass is 425 g/mol. The Hall–Kier alpha value is -2.24. The van der Waals surface area contributed by atoms with Crippen LogP contribution in [0, 0.1) is 5.92 Å². The van der Waals surface area contributed by atoms with Gasteiger partial charge in [0.1, 0.15) is 24.2 Å². The number of carbonyl (C=O) groups is 4. The summed E-state index contributed by atoms with van der Waals surface area (Å²) in [5, 5.41) is 21.8. The predicted molar refractivity (Wildman–Crippen MR) is 104 cm³/mol. The van der Waals surface area contributed by atoms with Crippen molar-refractivity contribution in [3.05, 3.63) is 0 Å². The van der Waals surface area contributed by atoms with Crippen molar-refractivity contribution < 1.29 is 29.4 Å². The molecule has 8 atom stereocenters. The highest BCUT2D eigenvalue weighted by molar-refractivity contribution is 5.95. The van der Waals surface area contributed by atoms with Gasteiger partial charge in [-0.3, -0.25) is 19.2 Å². The normalized spacial score (nSPS) is 31.5. The van der Waals surface area contributed by atoms with Gasteiger partial charge in [-0.1, -0.05) is 0 Å². The van der Waals surface area contributed by atoms with Gasteiger partial charge in [-0.15, -0.1) is 0 Å². The number of aliphatic hydroxyl groups is 2. The number of nitrogens with two attached hydrogens (primary N) is 2. The van der Waals surface area contributed by atoms with E-state index in [0.29, 0.717) is 25.8 Å². The van der Waals surface area contributed by atoms with Gasteiger partial charge < -0.3 is 36.8 Å². The second-order valence-electron chi connectivity index (χ2n) is 8.65. The molecule has 3 fully saturated rings. The van der Waals surface area contributed by atoms with Gasteiger partial charge in [0.2, 0.25) is 23.6 Å². The van der Waals surface area contributed by atoms with Gasteiger partial charge in [0, 0.05) is 12.6 Å². The van der Waals surface area contributed by atoms with Crippen LogP contribution in [-0.4, -0.2) is 92.6 Å². The lowest BCUT2D eigenvalue weighted by Gasteiger charge is -2.34. The van der Waals surface area contributed by atoms with Crippen LogP contribution in [0.15, 0.2) is 0 Å². The molecular formula is C19H31N5O6. The Kier molecular flexibility index (Phi) is 6.34. The number of likely N-dealkylation sites (tertiary alicyclic amines) is 2. The maximum Gasteiger partial charge on any atom is 0.246 e. The third-order valence-corrected chi connectivity index (χ3v) is 6.37. The number of carbonyl (C=O) groups excluding carboxylic acids is 4. The molecule has 2 aliphatic heterocycles. The summed E-state index contributed by atoms with van der Waals surface area (Å²) in [6.45, 7) is 3.12. The number of aliphatic hydroxyl groups excluding tert-OH is 2. The Morgan fingerprint density at radius 2 is 1.73 bits per heavy atom. The van der Waals surface area contributed by atoms with Crippen molar-refractivity contribution in [2.75, 3.05) is 6.54 Å². The smallest absolute Gasteiger partial charge is 0.246 e. The highest BCUT2D eigenvalue weighted by Gasteiger charge is 2.58. The molecule has 11 nitrogen and oxygen atoms in total. The zero-order valence-corrected chi connectivity index (χ0v) is 17.2. The maximum atomic E-state index is 13.3. The summed E-state index contributed by atoms with van der Waals surface area (Å²) >= 11 is 0. The molecule has 0 bridgehead atoms. The third-order valence-electron chi connectivity index (χ3n) is 6.37. The second-order valence-corrected chi connectivity index (χ2v) is 8.65. The number of fused-ring (bicyclic) bond motifs is 1. The van der Waals surface area contributed by atoms with Gasteiger partial charge >= 0.3 is 0 Å². The van der Waals surface area contributed by atoms with Crippen LogP contribution in [0.4, 0.5) is 0 Å². The van der Waals surface area contributed by atoms with Crippen LogP contribution in [0.3, 0.4) is 0 Å². The Balaban J connectivity index is 1.73. The molecule has 1 saturated carbocycles. The number of rotatable bonds is 7. The minimum atomic E-state index is -1.25. The van der Waals surface area contributed by atoms with Crippen LogP contribution >= 0.6 is 0 Å². The van der Waals surface area contributed by atoms with Crippen molar-refractivity contribution in [2.45, 2.75) is 81.9 Å². The first-order chi connectivity index (χ1) is 14.0. The van der Waals surface area contributed by atoms with Crippen molar-refractivity contribution in [2.24, 2.45) is 17.4 Å². The molecule has 0 aromatic rings. The van der Waals surface area contributed by atoms with Crippen LogP contribution in [0.2, 0.25) is 0 Å². The van der Waals surface area contributed by atoms with Gasteiger partial charge in [-0.05, 0) is 45.4 Å². The molecule has 4 amide bonds. The first kappa shape index (κ1) is 22.4. The summed E-state index contributed by atoms with van der Waals surface area (Å²) in [7, 11) is 0. The van der Waals surface area contributed by atoms with Gasteiger partial charge in [0.05, 0.1) is 12.2 Å². The van der Waals surface area contributed by atoms with E-state index >= 15 is 0 Å². The first-order valence-electron chi connectivity index (χ1n) is 10.4. The van der Waals surface area contributed by atoms with Crippen molar-refractivity contribution in [3.8, 4) is 0 Å². The number of piperidine rings is 1. The molecule has 3 rings (SSSR count). The molecule has 7 N–H and O–H groups in total. The fourth-order valence-electron chi connectivity index (χ4n) is 4.55. The standard InChI is InChI=1S/C19H31N5O6/c1-8(25)14(20)19(30)24-12-6-10(12)7-13(24)18(29)23-5-3-4-11(23)17(28)22-15(9(2)26)16(21)27/h8-15,25-26H,3-7,20H2,1-2H3,(H2,21,27)(H,22,28)/t8-,9-,10+,11+,12+,13+,14+,15+/m1/s1. The Labute approximate surface area is 174 Å². The number of hydrogen-bond acceptors (Lipinski definition) is 7. The molecule has 1 aliphatic carbocycles. The van der Waals surface area contributed by atoms with E-state index in [1.807, 2.05) is 0 Å². The quantitative estimate of drug-likeness (QED) is 0.289. The number of nitrogens with zero attached hydrogens (tertiary/aromatic N) is 2. The summed E-state index contributed by atoms with van der Waals surface area (Å²) in [5.41, 5.74) is 11.1. The van der Waals surface area contributed by atoms with Gasteiger partial charge in [-0.2, -0.15) is 0 Å². The molecule has 11 heteroatoms. The molecule has 0 radical (unpaired) electrons. The zero-order valence-electron chi connectivity index (χ0n) is 17.2. The van der Waals surface area contributed by atoms with E-state index in [-0.39, 0.29) is 17.9 Å². The molecule has 168 valence electrons. The van der Waals surface area contributed by atoms with Crippen molar-refractivity contribution in [1.82, 2.24) is 15.1 Å². The fourth-order valence-corrected chi connectivity index (χ4v) is 4.55. The summed E-state index contributed by atoms with van der Waals surface area (Å²) < 4.78 is 0. The zero-order chi connectivity index (χ0) is 22.3. The third kappa shape index (κ3) is 4.14. The maximum absolute atomic E-state index is 13.3. The van der Waals surface area contributed by atoms with Gasteiger partial charge in [-0.25, -0.2) is 0 Å². The van der Waals surface area contributed by atoms with E-state index in [4.69, 9.17) is 11.5 Å². The van der Waals surface area contributed by atoms with Crippen LogP contribution in [-0.2, 0) is 19.2 Å². The van der Waals surface area contributed by atoms with E-state index in [1.165, 1.54) is 23.6 Å². The lowest BCUT2D eigenvalue weighted by Crippen LogP contribution is -2.59. The molecule has 2 saturated heterocycles. The summed E-state index contributed by atoms with van der Waals surface area (Å²) in [6, 6.07) is -3.95. The highest BCUT2D eigenvalue weighted by atomic mass is 16.3. The molecule has 30 heavy (non-hydrogen) atoms. The number of amides is 4. The SMILES string of the molecule is C[C@@H](O)[C@H](N)C(=O)N1[C@H](C(=O)N2CCC[C@H]2C(=O)N[C@H](C(N)=O)[C@@H](C)O)C[C@@H]2C[C@@H]21. The molecule has 0 aromatic heterocycles. The fraction of sp³-hybridized carbons (Fsp3) is 0.789. The molecule has 2 heterocycles. The second kappa shape index (κ2) is 8.48. The van der Waals surface area contributed by atoms with Crippen molar-refractivity contribution >= 4 is 23.6 Å². The highest BCUT2D eigenvalue weighted by Crippen LogP contribution is 2.48. The topological polar surface area (TPSA) is 179 Å². The summed E-state index contributed by atoms with van der Waals surface area (Å²) in [5.74, 6) is -2.00. The van der Waals surface area contributed by atoms with Crippen LogP contribution in [0.5, 0.6) is 0 Å². The van der Waals surface area contributed by atoms with Crippen LogP contribution in [0.25, 0.3) is 0 Å². The largest absolute Gasteiger partial charge is 0.391 e. The summed E-state index contributed by atoms with van der Waals surface area (Å²) in [4.78, 5) is 53.2. The molecule has 0 aromatic carbocycles. The minimum Gasteiger partial charge on any atom is -0.391 e. The molecule has 3 aliphatic rings. The van der Waals surface area contributed by atoms with E-state index < -0.39 is 54.1 Å². The Morgan fingerprint density at radius 1 is 1.07 bits per heavy atom. The lowest BCUT2D eigenvalue weighted by atomic mass is 10.1. The molecule has 0 unspecified atom stereocenters. The van der Waals surface area contributed by atoms with Crippen molar-refractivity contribution in [3.63, 3.8) is 0 Å². The Morgan fingerprint density at radius 3 is 2.30 bits per heavy atom. The average Bonchev–Trinajstić information content (AvgIpc) is 3.11. The first-order valence-corrected chi connectivity index (χ1v) is 10.4.